The van der Waals surface area contributed by atoms with Crippen LogP contribution in [-0.4, -0.2) is 29.7 Å². The van der Waals surface area contributed by atoms with Crippen LogP contribution >= 0.6 is 0 Å². The molecule has 1 saturated carbocycles. The lowest BCUT2D eigenvalue weighted by Gasteiger charge is -2.27. The van der Waals surface area contributed by atoms with Crippen molar-refractivity contribution in [3.05, 3.63) is 0 Å². The Morgan fingerprint density at radius 2 is 1.74 bits per heavy atom. The Morgan fingerprint density at radius 1 is 1.26 bits per heavy atom. The Balaban J connectivity index is 2.64. The molecule has 0 aromatic carbocycles. The van der Waals surface area contributed by atoms with Gasteiger partial charge in [0.05, 0.1) is 5.92 Å². The van der Waals surface area contributed by atoms with Gasteiger partial charge in [-0.3, -0.25) is 0 Å². The molecule has 0 bridgehead atoms. The third-order valence-electron chi connectivity index (χ3n) is 3.17. The topological polar surface area (TPSA) is 64.3 Å². The summed E-state index contributed by atoms with van der Waals surface area (Å²) in [5, 5.41) is 2.21. The molecule has 1 amide bonds. The molecule has 0 aromatic rings. The lowest BCUT2D eigenvalue weighted by Crippen LogP contribution is -2.41. The highest BCUT2D eigenvalue weighted by atomic mass is 19.3. The van der Waals surface area contributed by atoms with E-state index in [1.807, 2.05) is 0 Å². The molecule has 3 atom stereocenters. The molecule has 4 nitrogen and oxygen atoms in total. The lowest BCUT2D eigenvalue weighted by molar-refractivity contribution is 0.0451. The second-order valence-electron chi connectivity index (χ2n) is 7.22. The maximum Gasteiger partial charge on any atom is 0.408 e. The molecule has 1 aliphatic rings. The number of halogens is 2. The van der Waals surface area contributed by atoms with Crippen LogP contribution in [0.25, 0.3) is 0 Å². The van der Waals surface area contributed by atoms with E-state index in [9.17, 15) is 13.6 Å². The van der Waals surface area contributed by atoms with E-state index < -0.39 is 41.0 Å². The molecule has 19 heavy (non-hydrogen) atoms. The molecule has 0 heterocycles. The molecule has 0 saturated heterocycles. The van der Waals surface area contributed by atoms with Crippen molar-refractivity contribution in [1.82, 2.24) is 5.32 Å². The van der Waals surface area contributed by atoms with E-state index in [4.69, 9.17) is 10.5 Å². The van der Waals surface area contributed by atoms with E-state index in [-0.39, 0.29) is 0 Å². The summed E-state index contributed by atoms with van der Waals surface area (Å²) in [6.07, 6.45) is -0.833. The number of amides is 1. The van der Waals surface area contributed by atoms with Crippen LogP contribution in [0.5, 0.6) is 0 Å². The molecular weight excluding hydrogens is 254 g/mol. The smallest absolute Gasteiger partial charge is 0.408 e. The molecular formula is C13H24F2N2O2. The van der Waals surface area contributed by atoms with Crippen LogP contribution in [0, 0.1) is 11.3 Å². The minimum atomic E-state index is -2.97. The SMILES string of the molecule is CC(C)(C)OC(=O)NC1C(C(N)C(C)(C)C)C1(F)F. The highest BCUT2D eigenvalue weighted by Gasteiger charge is 2.72. The average Bonchev–Trinajstić information content (AvgIpc) is 2.61. The van der Waals surface area contributed by atoms with Crippen molar-refractivity contribution in [1.29, 1.82) is 0 Å². The van der Waals surface area contributed by atoms with E-state index in [2.05, 4.69) is 5.32 Å². The van der Waals surface area contributed by atoms with Crippen LogP contribution in [0.3, 0.4) is 0 Å². The van der Waals surface area contributed by atoms with Crippen molar-refractivity contribution in [2.75, 3.05) is 0 Å². The zero-order valence-electron chi connectivity index (χ0n) is 12.4. The van der Waals surface area contributed by atoms with Gasteiger partial charge in [0.15, 0.2) is 0 Å². The fourth-order valence-electron chi connectivity index (χ4n) is 1.96. The number of hydrogen-bond donors (Lipinski definition) is 2. The van der Waals surface area contributed by atoms with E-state index in [0.29, 0.717) is 0 Å². The molecule has 0 aliphatic heterocycles. The number of nitrogens with two attached hydrogens (primary N) is 1. The van der Waals surface area contributed by atoms with Gasteiger partial charge in [-0.2, -0.15) is 0 Å². The van der Waals surface area contributed by atoms with Crippen molar-refractivity contribution < 1.29 is 18.3 Å². The maximum atomic E-state index is 13.7. The van der Waals surface area contributed by atoms with Gasteiger partial charge in [-0.1, -0.05) is 20.8 Å². The van der Waals surface area contributed by atoms with Gasteiger partial charge in [-0.05, 0) is 26.2 Å². The quantitative estimate of drug-likeness (QED) is 0.815. The number of ether oxygens (including phenoxy) is 1. The number of carbonyl (C=O) groups excluding carboxylic acids is 1. The Labute approximate surface area is 113 Å². The number of hydrogen-bond acceptors (Lipinski definition) is 3. The molecule has 0 radical (unpaired) electrons. The second-order valence-corrected chi connectivity index (χ2v) is 7.22. The summed E-state index contributed by atoms with van der Waals surface area (Å²) < 4.78 is 32.3. The van der Waals surface area contributed by atoms with Crippen LogP contribution in [0.4, 0.5) is 13.6 Å². The number of alkyl carbamates (subject to hydrolysis) is 1. The van der Waals surface area contributed by atoms with Gasteiger partial charge in [-0.15, -0.1) is 0 Å². The molecule has 1 aliphatic carbocycles. The standard InChI is InChI=1S/C13H24F2N2O2/c1-11(2,3)8(16)7-9(13(7,14)15)17-10(18)19-12(4,5)6/h7-9H,16H2,1-6H3,(H,17,18). The highest BCUT2D eigenvalue weighted by Crippen LogP contribution is 2.53. The first-order valence-corrected chi connectivity index (χ1v) is 6.40. The summed E-state index contributed by atoms with van der Waals surface area (Å²) in [5.74, 6) is -4.01. The summed E-state index contributed by atoms with van der Waals surface area (Å²) in [6.45, 7) is 10.4. The number of alkyl halides is 2. The predicted octanol–water partition coefficient (Wildman–Crippen LogP) is 2.52. The molecule has 3 N–H and O–H groups in total. The first-order chi connectivity index (χ1) is 8.27. The summed E-state index contributed by atoms with van der Waals surface area (Å²) in [4.78, 5) is 11.5. The Hall–Kier alpha value is -0.910. The van der Waals surface area contributed by atoms with Gasteiger partial charge in [0.2, 0.25) is 0 Å². The fourth-order valence-corrected chi connectivity index (χ4v) is 1.96. The summed E-state index contributed by atoms with van der Waals surface area (Å²) in [7, 11) is 0. The van der Waals surface area contributed by atoms with Crippen LogP contribution < -0.4 is 11.1 Å². The molecule has 112 valence electrons. The second kappa shape index (κ2) is 4.58. The number of rotatable bonds is 2. The zero-order valence-corrected chi connectivity index (χ0v) is 12.4. The molecule has 6 heteroatoms. The monoisotopic (exact) mass is 278 g/mol. The average molecular weight is 278 g/mol. The Kier molecular flexibility index (Phi) is 3.89. The van der Waals surface area contributed by atoms with E-state index in [1.165, 1.54) is 0 Å². The summed E-state index contributed by atoms with van der Waals surface area (Å²) in [5.41, 5.74) is 4.69. The molecule has 1 fully saturated rings. The third kappa shape index (κ3) is 3.78. The number of nitrogens with one attached hydrogen (secondary N) is 1. The van der Waals surface area contributed by atoms with Crippen LogP contribution in [0.1, 0.15) is 41.5 Å². The third-order valence-corrected chi connectivity index (χ3v) is 3.17. The van der Waals surface area contributed by atoms with E-state index in [0.717, 1.165) is 0 Å². The summed E-state index contributed by atoms with van der Waals surface area (Å²) in [6, 6.07) is -1.93. The molecule has 1 rings (SSSR count). The van der Waals surface area contributed by atoms with Gasteiger partial charge in [0.1, 0.15) is 11.6 Å². The van der Waals surface area contributed by atoms with E-state index >= 15 is 0 Å². The lowest BCUT2D eigenvalue weighted by atomic mass is 9.84. The molecule has 3 unspecified atom stereocenters. The zero-order chi connectivity index (χ0) is 15.2. The van der Waals surface area contributed by atoms with Crippen LogP contribution in [0.15, 0.2) is 0 Å². The molecule has 0 aromatic heterocycles. The first-order valence-electron chi connectivity index (χ1n) is 6.40. The van der Waals surface area contributed by atoms with Crippen molar-refractivity contribution in [2.45, 2.75) is 65.1 Å². The number of carbonyl (C=O) groups is 1. The molecule has 0 spiro atoms. The van der Waals surface area contributed by atoms with E-state index in [1.54, 1.807) is 41.5 Å². The largest absolute Gasteiger partial charge is 0.444 e. The predicted molar refractivity (Wildman–Crippen MR) is 69.0 cm³/mol. The minimum absolute atomic E-state index is 0.446. The van der Waals surface area contributed by atoms with Gasteiger partial charge in [-0.25, -0.2) is 13.6 Å². The van der Waals surface area contributed by atoms with Crippen molar-refractivity contribution >= 4 is 6.09 Å². The minimum Gasteiger partial charge on any atom is -0.444 e. The van der Waals surface area contributed by atoms with Crippen LogP contribution in [-0.2, 0) is 4.74 Å². The highest BCUT2D eigenvalue weighted by molar-refractivity contribution is 5.69. The van der Waals surface area contributed by atoms with Crippen molar-refractivity contribution in [3.63, 3.8) is 0 Å². The summed E-state index contributed by atoms with van der Waals surface area (Å²) >= 11 is 0. The Morgan fingerprint density at radius 3 is 2.11 bits per heavy atom. The van der Waals surface area contributed by atoms with Gasteiger partial charge in [0.25, 0.3) is 5.92 Å². The van der Waals surface area contributed by atoms with Crippen molar-refractivity contribution in [3.8, 4) is 0 Å². The fraction of sp³-hybridized carbons (Fsp3) is 0.923. The normalized spacial score (nSPS) is 27.6. The van der Waals surface area contributed by atoms with Crippen molar-refractivity contribution in [2.24, 2.45) is 17.1 Å². The van der Waals surface area contributed by atoms with Gasteiger partial charge < -0.3 is 15.8 Å². The first kappa shape index (κ1) is 16.1. The maximum absolute atomic E-state index is 13.7. The van der Waals surface area contributed by atoms with Gasteiger partial charge in [0, 0.05) is 6.04 Å². The van der Waals surface area contributed by atoms with Crippen LogP contribution in [0.2, 0.25) is 0 Å². The van der Waals surface area contributed by atoms with Gasteiger partial charge >= 0.3 is 6.09 Å². The Bertz CT molecular complexity index is 359.